The van der Waals surface area contributed by atoms with E-state index in [2.05, 4.69) is 4.18 Å². The molecule has 0 fully saturated rings. The van der Waals surface area contributed by atoms with Gasteiger partial charge in [-0.15, -0.1) is 0 Å². The Hall–Kier alpha value is -3.20. The van der Waals surface area contributed by atoms with Gasteiger partial charge in [-0.3, -0.25) is 0 Å². The van der Waals surface area contributed by atoms with E-state index in [9.17, 15) is 26.0 Å². The van der Waals surface area contributed by atoms with Gasteiger partial charge < -0.3 is 4.18 Å². The summed E-state index contributed by atoms with van der Waals surface area (Å²) >= 11 is 0. The van der Waals surface area contributed by atoms with Crippen molar-refractivity contribution < 1.29 is 34.6 Å². The van der Waals surface area contributed by atoms with Gasteiger partial charge in [-0.25, -0.2) is 8.78 Å². The summed E-state index contributed by atoms with van der Waals surface area (Å²) in [5.41, 5.74) is -6.48. The van der Waals surface area contributed by atoms with Crippen LogP contribution in [0.1, 0.15) is 0 Å². The highest BCUT2D eigenvalue weighted by Gasteiger charge is 2.49. The lowest BCUT2D eigenvalue weighted by atomic mass is 9.94. The highest BCUT2D eigenvalue weighted by atomic mass is 32.2. The second kappa shape index (κ2) is 6.94. The third-order valence-electron chi connectivity index (χ3n) is 4.58. The van der Waals surface area contributed by atoms with Crippen LogP contribution >= 0.6 is 0 Å². The molecule has 0 unspecified atom stereocenters. The highest BCUT2D eigenvalue weighted by Crippen LogP contribution is 2.45. The minimum Gasteiger partial charge on any atom is -0.375 e. The molecule has 154 valence electrons. The summed E-state index contributed by atoms with van der Waals surface area (Å²) in [6.07, 6.45) is 0. The Kier molecular flexibility index (Phi) is 4.65. The quantitative estimate of drug-likeness (QED) is 0.218. The molecule has 0 N–H and O–H groups in total. The summed E-state index contributed by atoms with van der Waals surface area (Å²) in [5, 5.41) is 0.244. The van der Waals surface area contributed by atoms with Crippen LogP contribution in [0.2, 0.25) is 0 Å². The summed E-state index contributed by atoms with van der Waals surface area (Å²) in [6, 6.07) is 16.0. The standard InChI is InChI=1S/C21H11F5O3S/c22-18-15-9-3-4-10-16(15)20(29-30(27,28)21(24,25)26)17(19(18)23)14-11-5-7-12-6-1-2-8-13(12)14/h1-11H. The first-order valence-electron chi connectivity index (χ1n) is 8.50. The van der Waals surface area contributed by atoms with Gasteiger partial charge in [0.2, 0.25) is 0 Å². The van der Waals surface area contributed by atoms with Crippen molar-refractivity contribution in [2.75, 3.05) is 0 Å². The molecule has 0 aliphatic carbocycles. The number of fused-ring (bicyclic) bond motifs is 2. The van der Waals surface area contributed by atoms with Crippen LogP contribution in [0.5, 0.6) is 5.75 Å². The molecule has 9 heteroatoms. The fraction of sp³-hybridized carbons (Fsp3) is 0.0476. The number of alkyl halides is 3. The Balaban J connectivity index is 2.15. The zero-order valence-corrected chi connectivity index (χ0v) is 15.7. The van der Waals surface area contributed by atoms with Gasteiger partial charge in [0, 0.05) is 10.8 Å². The summed E-state index contributed by atoms with van der Waals surface area (Å²) in [6.45, 7) is 0. The summed E-state index contributed by atoms with van der Waals surface area (Å²) in [4.78, 5) is 0. The fourth-order valence-corrected chi connectivity index (χ4v) is 3.75. The van der Waals surface area contributed by atoms with Crippen LogP contribution in [-0.4, -0.2) is 13.9 Å². The van der Waals surface area contributed by atoms with Crippen LogP contribution in [0.15, 0.2) is 66.7 Å². The number of hydrogen-bond donors (Lipinski definition) is 0. The SMILES string of the molecule is O=S(=O)(Oc1c(-c2cccc3ccccc23)c(F)c(F)c2ccccc12)C(F)(F)F. The maximum Gasteiger partial charge on any atom is 0.534 e. The average Bonchev–Trinajstić information content (AvgIpc) is 2.71. The van der Waals surface area contributed by atoms with E-state index < -0.39 is 44.0 Å². The smallest absolute Gasteiger partial charge is 0.375 e. The molecular weight excluding hydrogens is 427 g/mol. The van der Waals surface area contributed by atoms with Crippen LogP contribution in [0.3, 0.4) is 0 Å². The zero-order chi connectivity index (χ0) is 21.7. The first-order valence-corrected chi connectivity index (χ1v) is 9.91. The van der Waals surface area contributed by atoms with Gasteiger partial charge in [-0.2, -0.15) is 21.6 Å². The highest BCUT2D eigenvalue weighted by molar-refractivity contribution is 7.88. The van der Waals surface area contributed by atoms with Gasteiger partial charge in [0.25, 0.3) is 0 Å². The largest absolute Gasteiger partial charge is 0.534 e. The van der Waals surface area contributed by atoms with E-state index in [-0.39, 0.29) is 10.9 Å². The lowest BCUT2D eigenvalue weighted by Gasteiger charge is -2.18. The maximum atomic E-state index is 15.1. The third-order valence-corrected chi connectivity index (χ3v) is 5.54. The fourth-order valence-electron chi connectivity index (χ4n) is 3.26. The van der Waals surface area contributed by atoms with Crippen molar-refractivity contribution in [3.05, 3.63) is 78.4 Å². The van der Waals surface area contributed by atoms with Crippen molar-refractivity contribution in [3.8, 4) is 16.9 Å². The van der Waals surface area contributed by atoms with E-state index in [1.807, 2.05) is 0 Å². The molecule has 0 saturated heterocycles. The average molecular weight is 438 g/mol. The van der Waals surface area contributed by atoms with Gasteiger partial charge >= 0.3 is 15.6 Å². The summed E-state index contributed by atoms with van der Waals surface area (Å²) in [5.74, 6) is -3.78. The van der Waals surface area contributed by atoms with Crippen LogP contribution in [0, 0.1) is 11.6 Å². The second-order valence-electron chi connectivity index (χ2n) is 6.39. The minimum atomic E-state index is -6.14. The van der Waals surface area contributed by atoms with Crippen LogP contribution in [0.25, 0.3) is 32.7 Å². The molecule has 0 spiro atoms. The molecule has 0 heterocycles. The van der Waals surface area contributed by atoms with Crippen molar-refractivity contribution in [3.63, 3.8) is 0 Å². The predicted octanol–water partition coefficient (Wildman–Crippen LogP) is 6.17. The number of rotatable bonds is 3. The molecule has 4 aromatic rings. The van der Waals surface area contributed by atoms with Crippen molar-refractivity contribution in [2.24, 2.45) is 0 Å². The molecule has 4 aromatic carbocycles. The van der Waals surface area contributed by atoms with E-state index >= 15 is 4.39 Å². The molecule has 0 bridgehead atoms. The Morgan fingerprint density at radius 1 is 0.700 bits per heavy atom. The van der Waals surface area contributed by atoms with E-state index in [1.165, 1.54) is 24.3 Å². The van der Waals surface area contributed by atoms with Gasteiger partial charge in [0.05, 0.1) is 5.56 Å². The minimum absolute atomic E-state index is 0.0115. The Morgan fingerprint density at radius 2 is 1.27 bits per heavy atom. The van der Waals surface area contributed by atoms with Gasteiger partial charge in [0.15, 0.2) is 17.4 Å². The molecule has 0 saturated carbocycles. The Labute approximate surface area is 167 Å². The van der Waals surface area contributed by atoms with E-state index in [0.717, 1.165) is 12.1 Å². The van der Waals surface area contributed by atoms with Gasteiger partial charge in [-0.1, -0.05) is 66.7 Å². The zero-order valence-electron chi connectivity index (χ0n) is 14.9. The Morgan fingerprint density at radius 3 is 1.93 bits per heavy atom. The third kappa shape index (κ3) is 3.15. The predicted molar refractivity (Wildman–Crippen MR) is 102 cm³/mol. The lowest BCUT2D eigenvalue weighted by molar-refractivity contribution is -0.0499. The van der Waals surface area contributed by atoms with E-state index in [1.54, 1.807) is 30.3 Å². The monoisotopic (exact) mass is 438 g/mol. The molecule has 0 aliphatic rings. The molecule has 30 heavy (non-hydrogen) atoms. The summed E-state index contributed by atoms with van der Waals surface area (Å²) in [7, 11) is -6.14. The van der Waals surface area contributed by atoms with Gasteiger partial charge in [-0.05, 0) is 16.3 Å². The van der Waals surface area contributed by atoms with Crippen LogP contribution < -0.4 is 4.18 Å². The number of hydrogen-bond acceptors (Lipinski definition) is 3. The van der Waals surface area contributed by atoms with Crippen molar-refractivity contribution in [1.29, 1.82) is 0 Å². The van der Waals surface area contributed by atoms with Crippen molar-refractivity contribution >= 4 is 31.7 Å². The van der Waals surface area contributed by atoms with E-state index in [0.29, 0.717) is 10.8 Å². The first kappa shape index (κ1) is 20.1. The van der Waals surface area contributed by atoms with Crippen LogP contribution in [0.4, 0.5) is 22.0 Å². The molecule has 0 atom stereocenters. The summed E-state index contributed by atoms with van der Waals surface area (Å²) < 4.78 is 96.8. The van der Waals surface area contributed by atoms with Gasteiger partial charge in [0.1, 0.15) is 0 Å². The number of benzene rings is 4. The molecule has 4 rings (SSSR count). The molecular formula is C21H11F5O3S. The van der Waals surface area contributed by atoms with Crippen molar-refractivity contribution in [2.45, 2.75) is 5.51 Å². The normalized spacial score (nSPS) is 12.4. The second-order valence-corrected chi connectivity index (χ2v) is 7.93. The maximum absolute atomic E-state index is 15.1. The Bertz CT molecular complexity index is 1390. The topological polar surface area (TPSA) is 43.4 Å². The number of halogens is 5. The van der Waals surface area contributed by atoms with E-state index in [4.69, 9.17) is 0 Å². The molecule has 0 amide bonds. The first-order chi connectivity index (χ1) is 14.1. The lowest BCUT2D eigenvalue weighted by Crippen LogP contribution is -2.28. The molecule has 3 nitrogen and oxygen atoms in total. The molecule has 0 radical (unpaired) electrons. The van der Waals surface area contributed by atoms with Crippen molar-refractivity contribution in [1.82, 2.24) is 0 Å². The van der Waals surface area contributed by atoms with Crippen LogP contribution in [-0.2, 0) is 10.1 Å². The molecule has 0 aliphatic heterocycles. The molecule has 0 aromatic heterocycles.